The number of thiazole rings is 1. The molecule has 3 aromatic rings. The number of alkyl halides is 3. The second-order valence-electron chi connectivity index (χ2n) is 7.71. The van der Waals surface area contributed by atoms with Crippen molar-refractivity contribution in [3.63, 3.8) is 0 Å². The zero-order valence-electron chi connectivity index (χ0n) is 17.1. The van der Waals surface area contributed by atoms with E-state index in [0.29, 0.717) is 18.7 Å². The van der Waals surface area contributed by atoms with Gasteiger partial charge in [-0.1, -0.05) is 24.3 Å². The molecule has 32 heavy (non-hydrogen) atoms. The van der Waals surface area contributed by atoms with E-state index < -0.39 is 6.36 Å². The van der Waals surface area contributed by atoms with Gasteiger partial charge in [0.25, 0.3) is 0 Å². The first-order chi connectivity index (χ1) is 15.4. The van der Waals surface area contributed by atoms with E-state index in [2.05, 4.69) is 19.9 Å². The van der Waals surface area contributed by atoms with E-state index >= 15 is 0 Å². The first kappa shape index (κ1) is 22.3. The van der Waals surface area contributed by atoms with Crippen molar-refractivity contribution in [3.8, 4) is 17.0 Å². The van der Waals surface area contributed by atoms with Crippen LogP contribution < -0.4 is 10.1 Å². The van der Waals surface area contributed by atoms with Crippen LogP contribution in [0, 0.1) is 5.92 Å². The smallest absolute Gasteiger partial charge is 0.406 e. The van der Waals surface area contributed by atoms with Crippen LogP contribution in [0.1, 0.15) is 18.4 Å². The number of hydrogen-bond acceptors (Lipinski definition) is 5. The summed E-state index contributed by atoms with van der Waals surface area (Å²) < 4.78 is 41.4. The third-order valence-corrected chi connectivity index (χ3v) is 5.88. The Morgan fingerprint density at radius 2 is 2.03 bits per heavy atom. The Kier molecular flexibility index (Phi) is 6.76. The van der Waals surface area contributed by atoms with E-state index in [1.165, 1.54) is 23.5 Å². The van der Waals surface area contributed by atoms with Gasteiger partial charge in [0.15, 0.2) is 0 Å². The Balaban J connectivity index is 1.33. The lowest BCUT2D eigenvalue weighted by Crippen LogP contribution is -2.40. The highest BCUT2D eigenvalue weighted by Gasteiger charge is 2.31. The molecule has 5 nitrogen and oxygen atoms in total. The number of carbonyl (C=O) groups is 1. The molecular weight excluding hydrogens is 439 g/mol. The first-order valence-corrected chi connectivity index (χ1v) is 11.2. The third kappa shape index (κ3) is 6.08. The maximum absolute atomic E-state index is 12.8. The molecule has 1 saturated heterocycles. The molecule has 1 aliphatic rings. The van der Waals surface area contributed by atoms with Crippen LogP contribution in [0.15, 0.2) is 59.4 Å². The number of nitrogens with one attached hydrogen (secondary N) is 1. The highest BCUT2D eigenvalue weighted by atomic mass is 32.1. The molecule has 0 radical (unpaired) electrons. The van der Waals surface area contributed by atoms with Crippen LogP contribution >= 0.6 is 11.3 Å². The number of amides is 1. The Labute approximate surface area is 187 Å². The van der Waals surface area contributed by atoms with Gasteiger partial charge in [-0.15, -0.1) is 24.5 Å². The minimum atomic E-state index is -4.72. The van der Waals surface area contributed by atoms with E-state index in [0.717, 1.165) is 36.3 Å². The van der Waals surface area contributed by atoms with Crippen molar-refractivity contribution in [2.75, 3.05) is 18.4 Å². The number of aromatic nitrogens is 1. The summed E-state index contributed by atoms with van der Waals surface area (Å²) >= 11 is 1.53. The standard InChI is InChI=1S/C23H22F3N3O2S/c24-23(25,26)31-20-5-1-3-16(11-20)12-29-10-2-4-18(13-29)22(30)28-19-8-6-17(7-9-19)21-14-32-15-27-21/h1,3,5-9,11,14-15,18H,2,4,10,12-13H2,(H,28,30). The van der Waals surface area contributed by atoms with Crippen LogP contribution in [0.25, 0.3) is 11.3 Å². The lowest BCUT2D eigenvalue weighted by Gasteiger charge is -2.32. The molecular formula is C23H22F3N3O2S. The molecule has 0 spiro atoms. The van der Waals surface area contributed by atoms with Gasteiger partial charge in [0.2, 0.25) is 5.91 Å². The number of anilines is 1. The summed E-state index contributed by atoms with van der Waals surface area (Å²) in [6, 6.07) is 13.5. The fourth-order valence-corrected chi connectivity index (χ4v) is 4.40. The van der Waals surface area contributed by atoms with Crippen molar-refractivity contribution in [1.29, 1.82) is 0 Å². The lowest BCUT2D eigenvalue weighted by atomic mass is 9.96. The van der Waals surface area contributed by atoms with Crippen molar-refractivity contribution < 1.29 is 22.7 Å². The molecule has 0 saturated carbocycles. The zero-order chi connectivity index (χ0) is 22.6. The maximum Gasteiger partial charge on any atom is 0.573 e. The second kappa shape index (κ2) is 9.70. The average Bonchev–Trinajstić information content (AvgIpc) is 3.28. The predicted molar refractivity (Wildman–Crippen MR) is 117 cm³/mol. The molecule has 1 atom stereocenters. The molecule has 9 heteroatoms. The predicted octanol–water partition coefficient (Wildman–Crippen LogP) is 5.56. The number of benzene rings is 2. The zero-order valence-corrected chi connectivity index (χ0v) is 18.0. The molecule has 2 aromatic carbocycles. The summed E-state index contributed by atoms with van der Waals surface area (Å²) in [5.41, 5.74) is 5.11. The molecule has 0 bridgehead atoms. The van der Waals surface area contributed by atoms with Crippen LogP contribution in [0.4, 0.5) is 18.9 Å². The number of halogens is 3. The Hall–Kier alpha value is -2.91. The van der Waals surface area contributed by atoms with Crippen molar-refractivity contribution >= 4 is 22.9 Å². The molecule has 1 aromatic heterocycles. The second-order valence-corrected chi connectivity index (χ2v) is 8.43. The largest absolute Gasteiger partial charge is 0.573 e. The number of ether oxygens (including phenoxy) is 1. The van der Waals surface area contributed by atoms with Crippen molar-refractivity contribution in [1.82, 2.24) is 9.88 Å². The summed E-state index contributed by atoms with van der Waals surface area (Å²) in [6.45, 7) is 1.80. The highest BCUT2D eigenvalue weighted by Crippen LogP contribution is 2.26. The topological polar surface area (TPSA) is 54.5 Å². The van der Waals surface area contributed by atoms with E-state index in [1.807, 2.05) is 29.6 Å². The fourth-order valence-electron chi connectivity index (χ4n) is 3.84. The molecule has 0 aliphatic carbocycles. The van der Waals surface area contributed by atoms with Gasteiger partial charge < -0.3 is 10.1 Å². The molecule has 1 amide bonds. The summed E-state index contributed by atoms with van der Waals surface area (Å²) in [7, 11) is 0. The van der Waals surface area contributed by atoms with Gasteiger partial charge in [-0.25, -0.2) is 4.98 Å². The Morgan fingerprint density at radius 1 is 1.22 bits per heavy atom. The summed E-state index contributed by atoms with van der Waals surface area (Å²) in [5, 5.41) is 4.94. The van der Waals surface area contributed by atoms with E-state index in [1.54, 1.807) is 17.6 Å². The number of piperidine rings is 1. The minimum absolute atomic E-state index is 0.0507. The number of likely N-dealkylation sites (tertiary alicyclic amines) is 1. The maximum atomic E-state index is 12.8. The van der Waals surface area contributed by atoms with Crippen LogP contribution in [-0.4, -0.2) is 35.2 Å². The summed E-state index contributed by atoms with van der Waals surface area (Å²) in [4.78, 5) is 19.2. The monoisotopic (exact) mass is 461 g/mol. The summed E-state index contributed by atoms with van der Waals surface area (Å²) in [5.74, 6) is -0.468. The van der Waals surface area contributed by atoms with Crippen molar-refractivity contribution in [2.24, 2.45) is 5.92 Å². The molecule has 1 fully saturated rings. The van der Waals surface area contributed by atoms with E-state index in [4.69, 9.17) is 0 Å². The quantitative estimate of drug-likeness (QED) is 0.522. The normalized spacial score (nSPS) is 17.2. The first-order valence-electron chi connectivity index (χ1n) is 10.2. The SMILES string of the molecule is O=C(Nc1ccc(-c2cscn2)cc1)C1CCCN(Cc2cccc(OC(F)(F)F)c2)C1. The number of nitrogens with zero attached hydrogens (tertiary/aromatic N) is 2. The van der Waals surface area contributed by atoms with Gasteiger partial charge in [-0.05, 0) is 49.2 Å². The highest BCUT2D eigenvalue weighted by molar-refractivity contribution is 7.07. The van der Waals surface area contributed by atoms with Crippen molar-refractivity contribution in [3.05, 3.63) is 65.0 Å². The van der Waals surface area contributed by atoms with Gasteiger partial charge in [0.05, 0.1) is 17.1 Å². The van der Waals surface area contributed by atoms with Crippen LogP contribution in [-0.2, 0) is 11.3 Å². The molecule has 1 N–H and O–H groups in total. The van der Waals surface area contributed by atoms with Gasteiger partial charge in [0, 0.05) is 29.7 Å². The summed E-state index contributed by atoms with van der Waals surface area (Å²) in [6.07, 6.45) is -3.10. The van der Waals surface area contributed by atoms with Gasteiger partial charge in [-0.3, -0.25) is 9.69 Å². The van der Waals surface area contributed by atoms with E-state index in [9.17, 15) is 18.0 Å². The van der Waals surface area contributed by atoms with Crippen LogP contribution in [0.5, 0.6) is 5.75 Å². The average molecular weight is 462 g/mol. The van der Waals surface area contributed by atoms with Crippen LogP contribution in [0.2, 0.25) is 0 Å². The number of rotatable bonds is 6. The van der Waals surface area contributed by atoms with Gasteiger partial charge >= 0.3 is 6.36 Å². The molecule has 1 unspecified atom stereocenters. The van der Waals surface area contributed by atoms with Gasteiger partial charge in [-0.2, -0.15) is 0 Å². The Morgan fingerprint density at radius 3 is 2.75 bits per heavy atom. The van der Waals surface area contributed by atoms with Gasteiger partial charge in [0.1, 0.15) is 5.75 Å². The lowest BCUT2D eigenvalue weighted by molar-refractivity contribution is -0.274. The molecule has 2 heterocycles. The fraction of sp³-hybridized carbons (Fsp3) is 0.304. The molecule has 1 aliphatic heterocycles. The minimum Gasteiger partial charge on any atom is -0.406 e. The molecule has 168 valence electrons. The number of hydrogen-bond donors (Lipinski definition) is 1. The number of carbonyl (C=O) groups excluding carboxylic acids is 1. The van der Waals surface area contributed by atoms with Crippen molar-refractivity contribution in [2.45, 2.75) is 25.7 Å². The van der Waals surface area contributed by atoms with Crippen LogP contribution in [0.3, 0.4) is 0 Å². The molecule has 4 rings (SSSR count). The Bertz CT molecular complexity index is 1040. The van der Waals surface area contributed by atoms with E-state index in [-0.39, 0.29) is 17.6 Å². The third-order valence-electron chi connectivity index (χ3n) is 5.30.